The maximum atomic E-state index is 11.2. The molecule has 3 nitrogen and oxygen atoms in total. The number of aliphatic imine (C=N–C) groups is 1. The lowest BCUT2D eigenvalue weighted by Crippen LogP contribution is -2.40. The van der Waals surface area contributed by atoms with Crippen LogP contribution in [-0.2, 0) is 4.79 Å². The quantitative estimate of drug-likeness (QED) is 0.471. The second kappa shape index (κ2) is 3.91. The Bertz CT molecular complexity index is 173. The Hall–Kier alpha value is -1.12. The molecule has 0 fully saturated rings. The topological polar surface area (TPSA) is 41.5 Å². The van der Waals surface area contributed by atoms with Gasteiger partial charge in [-0.05, 0) is 20.6 Å². The van der Waals surface area contributed by atoms with Crippen molar-refractivity contribution in [3.63, 3.8) is 0 Å². The van der Waals surface area contributed by atoms with Crippen molar-refractivity contribution < 1.29 is 4.79 Å². The summed E-state index contributed by atoms with van der Waals surface area (Å²) in [5.41, 5.74) is -0.733. The summed E-state index contributed by atoms with van der Waals surface area (Å²) in [5, 5.41) is 2.63. The van der Waals surface area contributed by atoms with Crippen LogP contribution in [0.3, 0.4) is 0 Å². The summed E-state index contributed by atoms with van der Waals surface area (Å²) < 4.78 is 0. The molecule has 62 valence electrons. The molecular formula is C8H14N2O. The molecule has 0 rings (SSSR count). The van der Waals surface area contributed by atoms with Gasteiger partial charge in [0, 0.05) is 6.54 Å². The fourth-order valence-electron chi connectivity index (χ4n) is 0.453. The average Bonchev–Trinajstić information content (AvgIpc) is 2.00. The lowest BCUT2D eigenvalue weighted by Gasteiger charge is -2.16. The third kappa shape index (κ3) is 2.98. The highest BCUT2D eigenvalue weighted by Gasteiger charge is 2.24. The van der Waals surface area contributed by atoms with E-state index in [9.17, 15) is 4.79 Å². The summed E-state index contributed by atoms with van der Waals surface area (Å²) >= 11 is 0. The van der Waals surface area contributed by atoms with E-state index in [0.717, 1.165) is 0 Å². The first kappa shape index (κ1) is 9.88. The van der Waals surface area contributed by atoms with Crippen molar-refractivity contribution in [1.29, 1.82) is 0 Å². The zero-order valence-electron chi connectivity index (χ0n) is 7.05. The molecule has 0 aliphatic rings. The molecule has 0 radical (unpaired) electrons. The minimum absolute atomic E-state index is 0.132. The molecule has 1 amide bonds. The number of hydrogen-bond acceptors (Lipinski definition) is 2. The standard InChI is InChI=1S/C8H14N2O/c1-5-6-10-7(11)8(2,3)9-4/h5H,1,4,6H2,2-3H3,(H,10,11). The lowest BCUT2D eigenvalue weighted by atomic mass is 10.1. The van der Waals surface area contributed by atoms with E-state index < -0.39 is 5.54 Å². The van der Waals surface area contributed by atoms with Gasteiger partial charge in [-0.3, -0.25) is 9.79 Å². The Balaban J connectivity index is 4.01. The molecule has 0 aliphatic carbocycles. The summed E-state index contributed by atoms with van der Waals surface area (Å²) in [7, 11) is 0. The van der Waals surface area contributed by atoms with Crippen LogP contribution in [0.1, 0.15) is 13.8 Å². The minimum atomic E-state index is -0.733. The van der Waals surface area contributed by atoms with E-state index >= 15 is 0 Å². The van der Waals surface area contributed by atoms with Gasteiger partial charge >= 0.3 is 0 Å². The van der Waals surface area contributed by atoms with E-state index in [-0.39, 0.29) is 5.91 Å². The van der Waals surface area contributed by atoms with Gasteiger partial charge < -0.3 is 5.32 Å². The molecule has 0 saturated heterocycles. The van der Waals surface area contributed by atoms with E-state index in [4.69, 9.17) is 0 Å². The Labute approximate surface area is 67.2 Å². The predicted octanol–water partition coefficient (Wildman–Crippen LogP) is 0.768. The van der Waals surface area contributed by atoms with Crippen molar-refractivity contribution in [2.24, 2.45) is 4.99 Å². The molecule has 0 bridgehead atoms. The van der Waals surface area contributed by atoms with E-state index in [1.54, 1.807) is 19.9 Å². The Morgan fingerprint density at radius 1 is 1.73 bits per heavy atom. The van der Waals surface area contributed by atoms with Crippen molar-refractivity contribution in [1.82, 2.24) is 5.32 Å². The first-order valence-corrected chi connectivity index (χ1v) is 3.41. The molecule has 0 aromatic heterocycles. The molecule has 3 heteroatoms. The Kier molecular flexibility index (Phi) is 3.51. The maximum absolute atomic E-state index is 11.2. The van der Waals surface area contributed by atoms with Gasteiger partial charge in [-0.1, -0.05) is 6.08 Å². The van der Waals surface area contributed by atoms with Crippen molar-refractivity contribution in [2.75, 3.05) is 6.54 Å². The molecule has 1 N–H and O–H groups in total. The smallest absolute Gasteiger partial charge is 0.247 e. The van der Waals surface area contributed by atoms with Crippen LogP contribution in [0, 0.1) is 0 Å². The van der Waals surface area contributed by atoms with Crippen LogP contribution in [-0.4, -0.2) is 24.7 Å². The molecule has 0 saturated carbocycles. The van der Waals surface area contributed by atoms with E-state index in [1.165, 1.54) is 0 Å². The van der Waals surface area contributed by atoms with Gasteiger partial charge in [-0.2, -0.15) is 0 Å². The average molecular weight is 154 g/mol. The summed E-state index contributed by atoms with van der Waals surface area (Å²) in [6, 6.07) is 0. The van der Waals surface area contributed by atoms with Crippen LogP contribution in [0.2, 0.25) is 0 Å². The first-order chi connectivity index (χ1) is 5.04. The van der Waals surface area contributed by atoms with E-state index in [1.807, 2.05) is 0 Å². The number of hydrogen-bond donors (Lipinski definition) is 1. The van der Waals surface area contributed by atoms with E-state index in [2.05, 4.69) is 23.6 Å². The fourth-order valence-corrected chi connectivity index (χ4v) is 0.453. The van der Waals surface area contributed by atoms with Crippen molar-refractivity contribution in [3.05, 3.63) is 12.7 Å². The Morgan fingerprint density at radius 3 is 2.64 bits per heavy atom. The molecular weight excluding hydrogens is 140 g/mol. The van der Waals surface area contributed by atoms with Gasteiger partial charge in [-0.25, -0.2) is 0 Å². The van der Waals surface area contributed by atoms with Gasteiger partial charge in [0.25, 0.3) is 0 Å². The number of carbonyl (C=O) groups excluding carboxylic acids is 1. The minimum Gasteiger partial charge on any atom is -0.351 e. The zero-order chi connectivity index (χ0) is 8.91. The highest BCUT2D eigenvalue weighted by molar-refractivity contribution is 5.86. The normalized spacial score (nSPS) is 10.4. The van der Waals surface area contributed by atoms with Crippen LogP contribution in [0.5, 0.6) is 0 Å². The molecule has 11 heavy (non-hydrogen) atoms. The number of nitrogens with zero attached hydrogens (tertiary/aromatic N) is 1. The fraction of sp³-hybridized carbons (Fsp3) is 0.500. The largest absolute Gasteiger partial charge is 0.351 e. The van der Waals surface area contributed by atoms with Gasteiger partial charge in [0.1, 0.15) is 5.54 Å². The third-order valence-electron chi connectivity index (χ3n) is 1.36. The SMILES string of the molecule is C=CCNC(=O)C(C)(C)N=C. The van der Waals surface area contributed by atoms with Crippen LogP contribution >= 0.6 is 0 Å². The van der Waals surface area contributed by atoms with Crippen LogP contribution in [0.15, 0.2) is 17.6 Å². The summed E-state index contributed by atoms with van der Waals surface area (Å²) in [4.78, 5) is 14.8. The van der Waals surface area contributed by atoms with Crippen molar-refractivity contribution >= 4 is 12.6 Å². The highest BCUT2D eigenvalue weighted by atomic mass is 16.2. The third-order valence-corrected chi connectivity index (χ3v) is 1.36. The van der Waals surface area contributed by atoms with Crippen molar-refractivity contribution in [3.8, 4) is 0 Å². The van der Waals surface area contributed by atoms with Gasteiger partial charge in [0.15, 0.2) is 0 Å². The van der Waals surface area contributed by atoms with Crippen LogP contribution in [0.25, 0.3) is 0 Å². The molecule has 0 atom stereocenters. The number of carbonyl (C=O) groups is 1. The second-order valence-corrected chi connectivity index (χ2v) is 2.72. The van der Waals surface area contributed by atoms with Crippen molar-refractivity contribution in [2.45, 2.75) is 19.4 Å². The maximum Gasteiger partial charge on any atom is 0.247 e. The lowest BCUT2D eigenvalue weighted by molar-refractivity contribution is -0.124. The predicted molar refractivity (Wildman–Crippen MR) is 46.8 cm³/mol. The number of nitrogens with one attached hydrogen (secondary N) is 1. The molecule has 0 unspecified atom stereocenters. The number of amides is 1. The Morgan fingerprint density at radius 2 is 2.27 bits per heavy atom. The number of rotatable bonds is 4. The van der Waals surface area contributed by atoms with E-state index in [0.29, 0.717) is 6.54 Å². The van der Waals surface area contributed by atoms with Crippen LogP contribution < -0.4 is 5.32 Å². The van der Waals surface area contributed by atoms with Gasteiger partial charge in [0.2, 0.25) is 5.91 Å². The zero-order valence-corrected chi connectivity index (χ0v) is 7.05. The molecule has 0 aliphatic heterocycles. The summed E-state index contributed by atoms with van der Waals surface area (Å²) in [6.07, 6.45) is 1.62. The van der Waals surface area contributed by atoms with Gasteiger partial charge in [-0.15, -0.1) is 6.58 Å². The molecule has 0 aromatic carbocycles. The van der Waals surface area contributed by atoms with Crippen LogP contribution in [0.4, 0.5) is 0 Å². The second-order valence-electron chi connectivity index (χ2n) is 2.72. The van der Waals surface area contributed by atoms with Gasteiger partial charge in [0.05, 0.1) is 0 Å². The molecule has 0 spiro atoms. The summed E-state index contributed by atoms with van der Waals surface area (Å²) in [6.45, 7) is 10.7. The highest BCUT2D eigenvalue weighted by Crippen LogP contribution is 2.06. The monoisotopic (exact) mass is 154 g/mol. The summed E-state index contributed by atoms with van der Waals surface area (Å²) in [5.74, 6) is -0.132. The molecule has 0 heterocycles. The molecule has 0 aromatic rings. The first-order valence-electron chi connectivity index (χ1n) is 3.41.